The molecule has 2 aromatic rings. The molecule has 4 heteroatoms. The molecule has 21 heavy (non-hydrogen) atoms. The van der Waals surface area contributed by atoms with Crippen molar-refractivity contribution in [3.05, 3.63) is 64.7 Å². The summed E-state index contributed by atoms with van der Waals surface area (Å²) in [6.07, 6.45) is 0. The molecule has 0 radical (unpaired) electrons. The second-order valence-corrected chi connectivity index (χ2v) is 5.27. The van der Waals surface area contributed by atoms with Crippen LogP contribution in [0, 0.1) is 18.3 Å². The molecule has 3 rings (SSSR count). The summed E-state index contributed by atoms with van der Waals surface area (Å²) in [6, 6.07) is 14.6. The predicted octanol–water partition coefficient (Wildman–Crippen LogP) is 2.41. The van der Waals surface area contributed by atoms with Crippen molar-refractivity contribution in [3.8, 4) is 6.07 Å². The molecule has 0 aromatic heterocycles. The Labute approximate surface area is 123 Å². The largest absolute Gasteiger partial charge is 0.316 e. The van der Waals surface area contributed by atoms with Crippen LogP contribution in [0.3, 0.4) is 0 Å². The minimum Gasteiger partial charge on any atom is -0.316 e. The Balaban J connectivity index is 1.92. The van der Waals surface area contributed by atoms with Gasteiger partial charge in [0.05, 0.1) is 18.2 Å². The van der Waals surface area contributed by atoms with Gasteiger partial charge in [0.25, 0.3) is 0 Å². The number of anilines is 1. The Morgan fingerprint density at radius 1 is 1.24 bits per heavy atom. The monoisotopic (exact) mass is 277 g/mol. The third-order valence-electron chi connectivity index (χ3n) is 3.76. The number of benzene rings is 2. The van der Waals surface area contributed by atoms with Gasteiger partial charge in [0.1, 0.15) is 6.04 Å². The Bertz CT molecular complexity index is 744. The Morgan fingerprint density at radius 3 is 2.62 bits per heavy atom. The van der Waals surface area contributed by atoms with E-state index in [2.05, 4.69) is 6.07 Å². The van der Waals surface area contributed by atoms with Gasteiger partial charge in [-0.1, -0.05) is 29.8 Å². The van der Waals surface area contributed by atoms with Crippen LogP contribution < -0.4 is 10.6 Å². The first-order valence-corrected chi connectivity index (χ1v) is 6.76. The fourth-order valence-corrected chi connectivity index (χ4v) is 2.62. The van der Waals surface area contributed by atoms with Gasteiger partial charge in [-0.15, -0.1) is 0 Å². The molecule has 0 aliphatic carbocycles. The van der Waals surface area contributed by atoms with Crippen LogP contribution in [0.4, 0.5) is 5.69 Å². The minimum absolute atomic E-state index is 0.0834. The van der Waals surface area contributed by atoms with Gasteiger partial charge in [0.2, 0.25) is 5.91 Å². The highest BCUT2D eigenvalue weighted by molar-refractivity contribution is 6.04. The lowest BCUT2D eigenvalue weighted by atomic mass is 10.1. The van der Waals surface area contributed by atoms with Crippen molar-refractivity contribution in [2.24, 2.45) is 5.73 Å². The zero-order chi connectivity index (χ0) is 15.0. The number of nitrogens with two attached hydrogens (primary N) is 1. The third kappa shape index (κ3) is 2.28. The quantitative estimate of drug-likeness (QED) is 0.916. The topological polar surface area (TPSA) is 70.1 Å². The van der Waals surface area contributed by atoms with E-state index in [1.807, 2.05) is 37.3 Å². The number of hydrogen-bond donors (Lipinski definition) is 1. The lowest BCUT2D eigenvalue weighted by Crippen LogP contribution is -2.31. The predicted molar refractivity (Wildman–Crippen MR) is 80.5 cm³/mol. The Hall–Kier alpha value is -2.64. The van der Waals surface area contributed by atoms with Gasteiger partial charge in [-0.3, -0.25) is 4.79 Å². The van der Waals surface area contributed by atoms with Crippen LogP contribution in [0.25, 0.3) is 0 Å². The molecule has 1 aliphatic heterocycles. The normalized spacial score (nSPS) is 16.7. The van der Waals surface area contributed by atoms with Gasteiger partial charge in [-0.05, 0) is 30.7 Å². The number of nitriles is 1. The van der Waals surface area contributed by atoms with Crippen molar-refractivity contribution in [2.75, 3.05) is 4.90 Å². The standard InChI is InChI=1S/C17H15N3O/c1-11-2-7-15-14(8-11)16(19)17(21)20(15)10-13-5-3-12(9-18)4-6-13/h2-8,16H,10,19H2,1H3. The molecule has 1 aliphatic rings. The van der Waals surface area contributed by atoms with Gasteiger partial charge < -0.3 is 10.6 Å². The zero-order valence-corrected chi connectivity index (χ0v) is 11.7. The fourth-order valence-electron chi connectivity index (χ4n) is 2.62. The van der Waals surface area contributed by atoms with Gasteiger partial charge >= 0.3 is 0 Å². The van der Waals surface area contributed by atoms with Gasteiger partial charge in [-0.2, -0.15) is 5.26 Å². The van der Waals surface area contributed by atoms with Crippen molar-refractivity contribution in [1.29, 1.82) is 5.26 Å². The second kappa shape index (κ2) is 5.04. The van der Waals surface area contributed by atoms with Crippen molar-refractivity contribution in [2.45, 2.75) is 19.5 Å². The molecule has 0 spiro atoms. The Morgan fingerprint density at radius 2 is 1.95 bits per heavy atom. The number of nitrogens with zero attached hydrogens (tertiary/aromatic N) is 2. The average molecular weight is 277 g/mol. The molecule has 0 saturated heterocycles. The molecule has 1 heterocycles. The lowest BCUT2D eigenvalue weighted by Gasteiger charge is -2.17. The first-order valence-electron chi connectivity index (χ1n) is 6.76. The van der Waals surface area contributed by atoms with Crippen LogP contribution in [0.1, 0.15) is 28.3 Å². The maximum absolute atomic E-state index is 12.3. The summed E-state index contributed by atoms with van der Waals surface area (Å²) in [7, 11) is 0. The first kappa shape index (κ1) is 13.3. The minimum atomic E-state index is -0.585. The van der Waals surface area contributed by atoms with E-state index in [0.29, 0.717) is 12.1 Å². The van der Waals surface area contributed by atoms with Crippen molar-refractivity contribution in [1.82, 2.24) is 0 Å². The number of carbonyl (C=O) groups excluding carboxylic acids is 1. The van der Waals surface area contributed by atoms with E-state index in [1.54, 1.807) is 17.0 Å². The van der Waals surface area contributed by atoms with E-state index in [4.69, 9.17) is 11.0 Å². The van der Waals surface area contributed by atoms with E-state index in [0.717, 1.165) is 22.4 Å². The van der Waals surface area contributed by atoms with Gasteiger partial charge in [0.15, 0.2) is 0 Å². The smallest absolute Gasteiger partial charge is 0.248 e. The van der Waals surface area contributed by atoms with Crippen LogP contribution in [-0.4, -0.2) is 5.91 Å². The van der Waals surface area contributed by atoms with E-state index in [1.165, 1.54) is 0 Å². The summed E-state index contributed by atoms with van der Waals surface area (Å²) in [4.78, 5) is 14.1. The number of fused-ring (bicyclic) bond motifs is 1. The molecule has 1 unspecified atom stereocenters. The zero-order valence-electron chi connectivity index (χ0n) is 11.7. The molecule has 1 atom stereocenters. The van der Waals surface area contributed by atoms with Crippen LogP contribution >= 0.6 is 0 Å². The number of rotatable bonds is 2. The SMILES string of the molecule is Cc1ccc2c(c1)C(N)C(=O)N2Cc1ccc(C#N)cc1. The molecule has 4 nitrogen and oxygen atoms in total. The van der Waals surface area contributed by atoms with Gasteiger partial charge in [-0.25, -0.2) is 0 Å². The highest BCUT2D eigenvalue weighted by Crippen LogP contribution is 2.36. The molecule has 0 fully saturated rings. The van der Waals surface area contributed by atoms with Crippen LogP contribution in [0.5, 0.6) is 0 Å². The number of aryl methyl sites for hydroxylation is 1. The van der Waals surface area contributed by atoms with E-state index in [9.17, 15) is 4.79 Å². The lowest BCUT2D eigenvalue weighted by molar-refractivity contribution is -0.119. The Kier molecular flexibility index (Phi) is 3.20. The second-order valence-electron chi connectivity index (χ2n) is 5.27. The molecule has 2 N–H and O–H groups in total. The first-order chi connectivity index (χ1) is 10.1. The molecule has 0 saturated carbocycles. The molecule has 1 amide bonds. The number of hydrogen-bond acceptors (Lipinski definition) is 3. The van der Waals surface area contributed by atoms with Crippen LogP contribution in [0.15, 0.2) is 42.5 Å². The molecule has 104 valence electrons. The highest BCUT2D eigenvalue weighted by atomic mass is 16.2. The molecule has 0 bridgehead atoms. The summed E-state index contributed by atoms with van der Waals surface area (Å²) in [5.74, 6) is -0.0834. The van der Waals surface area contributed by atoms with E-state index in [-0.39, 0.29) is 5.91 Å². The highest BCUT2D eigenvalue weighted by Gasteiger charge is 2.34. The molecular weight excluding hydrogens is 262 g/mol. The van der Waals surface area contributed by atoms with Crippen LogP contribution in [0.2, 0.25) is 0 Å². The third-order valence-corrected chi connectivity index (χ3v) is 3.76. The summed E-state index contributed by atoms with van der Waals surface area (Å²) >= 11 is 0. The van der Waals surface area contributed by atoms with E-state index < -0.39 is 6.04 Å². The summed E-state index contributed by atoms with van der Waals surface area (Å²) < 4.78 is 0. The maximum atomic E-state index is 12.3. The number of carbonyl (C=O) groups is 1. The summed E-state index contributed by atoms with van der Waals surface area (Å²) in [5, 5.41) is 8.81. The summed E-state index contributed by atoms with van der Waals surface area (Å²) in [5.41, 5.74) is 10.5. The van der Waals surface area contributed by atoms with Gasteiger partial charge in [0, 0.05) is 11.3 Å². The fraction of sp³-hybridized carbons (Fsp3) is 0.176. The average Bonchev–Trinajstić information content (AvgIpc) is 2.73. The maximum Gasteiger partial charge on any atom is 0.248 e. The van der Waals surface area contributed by atoms with E-state index >= 15 is 0 Å². The van der Waals surface area contributed by atoms with Crippen molar-refractivity contribution < 1.29 is 4.79 Å². The summed E-state index contributed by atoms with van der Waals surface area (Å²) in [6.45, 7) is 2.45. The van der Waals surface area contributed by atoms with Crippen molar-refractivity contribution in [3.63, 3.8) is 0 Å². The molecule has 2 aromatic carbocycles. The number of amides is 1. The van der Waals surface area contributed by atoms with Crippen molar-refractivity contribution >= 4 is 11.6 Å². The molecular formula is C17H15N3O. The van der Waals surface area contributed by atoms with Crippen LogP contribution in [-0.2, 0) is 11.3 Å².